The van der Waals surface area contributed by atoms with Gasteiger partial charge in [0.1, 0.15) is 43.5 Å². The lowest BCUT2D eigenvalue weighted by molar-refractivity contribution is -0.437. The highest BCUT2D eigenvalue weighted by Crippen LogP contribution is 2.51. The SMILES string of the molecule is CC(=O)[C@H](CCC(=O)O)NC(=O)N[C@@H](CCCCNC(=O)CCOCOCOCOCOCOCOCOCCCC(=O)CCCC1(C)/C(=C\C=C2/CCCC(/C=C/C3=[N+](CCCS(=O)(=O)O)c4ccccc4C3(C)C)=C2Oc2ccc(S(=O)(=O)O)cc2)N(CCCS(=O)(=O)O)c2ccccc21)C(=O)O. The molecule has 3 aromatic carbocycles. The van der Waals surface area contributed by atoms with E-state index in [9.17, 15) is 72.8 Å². The van der Waals surface area contributed by atoms with Crippen molar-refractivity contribution in [3.63, 3.8) is 0 Å². The zero-order valence-electron chi connectivity index (χ0n) is 59.5. The van der Waals surface area contributed by atoms with Crippen molar-refractivity contribution in [2.75, 3.05) is 96.8 Å². The van der Waals surface area contributed by atoms with Gasteiger partial charge in [-0.2, -0.15) is 29.8 Å². The number of para-hydroxylation sites is 2. The maximum atomic E-state index is 13.4. The van der Waals surface area contributed by atoms with E-state index < -0.39 is 88.5 Å². The number of ether oxygens (including phenoxy) is 9. The Morgan fingerprint density at radius 2 is 1.21 bits per heavy atom. The van der Waals surface area contributed by atoms with Gasteiger partial charge in [-0.3, -0.25) is 32.8 Å². The number of fused-ring (bicyclic) bond motifs is 2. The topological polar surface area (TPSA) is 431 Å². The van der Waals surface area contributed by atoms with E-state index in [0.29, 0.717) is 63.7 Å². The van der Waals surface area contributed by atoms with Gasteiger partial charge in [0, 0.05) is 79.9 Å². The zero-order chi connectivity index (χ0) is 76.6. The molecule has 105 heavy (non-hydrogen) atoms. The first kappa shape index (κ1) is 86.2. The Morgan fingerprint density at radius 3 is 1.83 bits per heavy atom. The predicted molar refractivity (Wildman–Crippen MR) is 382 cm³/mol. The molecule has 0 saturated carbocycles. The average Bonchev–Trinajstić information content (AvgIpc) is 1.62. The molecule has 6 rings (SSSR count). The summed E-state index contributed by atoms with van der Waals surface area (Å²) < 4.78 is 152. The number of allylic oxidation sites excluding steroid dienone is 7. The van der Waals surface area contributed by atoms with Crippen LogP contribution in [0.4, 0.5) is 16.2 Å². The van der Waals surface area contributed by atoms with Crippen molar-refractivity contribution in [2.24, 2.45) is 0 Å². The molecule has 2 heterocycles. The number of unbranched alkanes of at least 4 members (excludes halogenated alkanes) is 1. The molecule has 1 aliphatic carbocycles. The van der Waals surface area contributed by atoms with Gasteiger partial charge < -0.3 is 73.7 Å². The Hall–Kier alpha value is -7.68. The molecule has 31 nitrogen and oxygen atoms in total. The summed E-state index contributed by atoms with van der Waals surface area (Å²) in [4.78, 5) is 73.8. The number of carboxylic acids is 2. The summed E-state index contributed by atoms with van der Waals surface area (Å²) in [6, 6.07) is 17.8. The van der Waals surface area contributed by atoms with Crippen LogP contribution in [-0.4, -0.2) is 199 Å². The van der Waals surface area contributed by atoms with E-state index in [4.69, 9.17) is 47.7 Å². The van der Waals surface area contributed by atoms with Gasteiger partial charge in [0.2, 0.25) is 11.6 Å². The smallest absolute Gasteiger partial charge is 0.326 e. The first-order chi connectivity index (χ1) is 49.9. The van der Waals surface area contributed by atoms with Gasteiger partial charge in [0.15, 0.2) is 45.5 Å². The van der Waals surface area contributed by atoms with Crippen molar-refractivity contribution in [2.45, 2.75) is 158 Å². The molecule has 0 spiro atoms. The van der Waals surface area contributed by atoms with Gasteiger partial charge in [0.25, 0.3) is 30.4 Å². The minimum Gasteiger partial charge on any atom is -0.481 e. The van der Waals surface area contributed by atoms with Gasteiger partial charge >= 0.3 is 18.0 Å². The average molecular weight is 1530 g/mol. The van der Waals surface area contributed by atoms with E-state index in [1.165, 1.54) is 31.2 Å². The fourth-order valence-electron chi connectivity index (χ4n) is 12.3. The summed E-state index contributed by atoms with van der Waals surface area (Å²) in [5.74, 6) is -3.31. The Morgan fingerprint density at radius 1 is 0.619 bits per heavy atom. The summed E-state index contributed by atoms with van der Waals surface area (Å²) in [7, 11) is -13.0. The Balaban J connectivity index is 0.918. The molecule has 3 amide bonds. The highest BCUT2D eigenvalue weighted by molar-refractivity contribution is 7.86. The molecule has 0 fully saturated rings. The Bertz CT molecular complexity index is 3950. The van der Waals surface area contributed by atoms with E-state index in [1.807, 2.05) is 77.7 Å². The van der Waals surface area contributed by atoms with E-state index in [0.717, 1.165) is 45.1 Å². The second-order valence-electron chi connectivity index (χ2n) is 25.9. The number of anilines is 1. The molecule has 580 valence electrons. The van der Waals surface area contributed by atoms with Crippen LogP contribution < -0.4 is 25.6 Å². The molecular weight excluding hydrogens is 1430 g/mol. The van der Waals surface area contributed by atoms with Crippen molar-refractivity contribution in [3.8, 4) is 5.75 Å². The molecule has 3 aromatic rings. The molecule has 2 aliphatic heterocycles. The van der Waals surface area contributed by atoms with Crippen molar-refractivity contribution in [3.05, 3.63) is 131 Å². The quantitative estimate of drug-likeness (QED) is 0.0114. The van der Waals surface area contributed by atoms with Crippen LogP contribution in [0.2, 0.25) is 0 Å². The van der Waals surface area contributed by atoms with E-state index in [-0.39, 0.29) is 148 Å². The standard InChI is InChI=1S/C71H97N5O26S3/c1-51(77)59(31-34-66(80)81)73-69(84)74-60(68(82)83)22-9-10-37-72-65(79)35-41-95-45-97-47-99-49-101-50-100-48-98-46-96-44-94-40-13-19-54(78)18-12-36-71(4)58-21-6-8-24-62(58)76(39-15-43-104(88,89)90)64(71)33-26-53-17-11-16-52(67(53)102-55-27-29-56(30-28-55)105(91,92)93)25-32-63-70(2,3)57-20-5-7-23-61(57)75(63)38-14-42-103(85,86)87/h5-8,20-21,23-30,32-33,59-60H,9-19,22,31,34-50H2,1-4H3,(H7-,72,73,74,79,80,81,82,83,84,85,86,87,88,89,90,91,92,93)/p+1/t59-,60-,71?/m0/s1. The minimum absolute atomic E-state index is 0.0262. The van der Waals surface area contributed by atoms with E-state index in [1.54, 1.807) is 0 Å². The number of urea groups is 1. The number of benzene rings is 3. The number of Topliss-reactive ketones (excluding diaryl/α,β-unsaturated/α-hetero) is 2. The maximum absolute atomic E-state index is 13.4. The highest BCUT2D eigenvalue weighted by atomic mass is 32.2. The number of aliphatic carboxylic acids is 2. The van der Waals surface area contributed by atoms with Crippen LogP contribution in [0.5, 0.6) is 5.75 Å². The van der Waals surface area contributed by atoms with Crippen LogP contribution in [0.15, 0.2) is 125 Å². The number of amides is 3. The molecule has 1 unspecified atom stereocenters. The van der Waals surface area contributed by atoms with Crippen LogP contribution in [-0.2, 0) is 103 Å². The van der Waals surface area contributed by atoms with E-state index in [2.05, 4.69) is 41.3 Å². The van der Waals surface area contributed by atoms with Gasteiger partial charge in [-0.1, -0.05) is 42.5 Å². The number of ketones is 2. The van der Waals surface area contributed by atoms with Crippen LogP contribution in [0, 0.1) is 0 Å². The largest absolute Gasteiger partial charge is 0.481 e. The molecule has 34 heteroatoms. The van der Waals surface area contributed by atoms with Crippen LogP contribution in [0.25, 0.3) is 0 Å². The Labute approximate surface area is 612 Å². The third kappa shape index (κ3) is 29.2. The second kappa shape index (κ2) is 42.6. The molecule has 0 saturated heterocycles. The second-order valence-corrected chi connectivity index (χ2v) is 30.4. The van der Waals surface area contributed by atoms with Crippen LogP contribution >= 0.6 is 0 Å². The molecule has 3 atom stereocenters. The summed E-state index contributed by atoms with van der Waals surface area (Å²) in [5, 5.41) is 25.6. The highest BCUT2D eigenvalue weighted by Gasteiger charge is 2.45. The number of carbonyl (C=O) groups excluding carboxylic acids is 4. The number of carboxylic acid groups (broad SMARTS) is 2. The predicted octanol–water partition coefficient (Wildman–Crippen LogP) is 8.13. The number of nitrogens with zero attached hydrogens (tertiary/aromatic N) is 2. The fraction of sp³-hybridized carbons (Fsp3) is 0.535. The van der Waals surface area contributed by atoms with Crippen molar-refractivity contribution >= 4 is 82.9 Å². The number of hydrogen-bond acceptors (Lipinski definition) is 22. The van der Waals surface area contributed by atoms with Gasteiger partial charge in [-0.25, -0.2) is 9.59 Å². The third-order valence-electron chi connectivity index (χ3n) is 17.5. The van der Waals surface area contributed by atoms with Crippen molar-refractivity contribution < 1.29 is 125 Å². The number of rotatable bonds is 51. The monoisotopic (exact) mass is 1530 g/mol. The minimum atomic E-state index is -4.52. The maximum Gasteiger partial charge on any atom is 0.326 e. The zero-order valence-corrected chi connectivity index (χ0v) is 62.0. The normalized spacial score (nSPS) is 17.3. The van der Waals surface area contributed by atoms with Crippen molar-refractivity contribution in [1.82, 2.24) is 16.0 Å². The van der Waals surface area contributed by atoms with Gasteiger partial charge in [-0.15, -0.1) is 0 Å². The third-order valence-corrected chi connectivity index (χ3v) is 20.0. The summed E-state index contributed by atoms with van der Waals surface area (Å²) in [6.45, 7) is 7.39. The molecular formula is C71H98N5O26S3+. The van der Waals surface area contributed by atoms with Crippen molar-refractivity contribution in [1.29, 1.82) is 0 Å². The molecule has 3 aliphatic rings. The molecule has 0 radical (unpaired) electrons. The first-order valence-corrected chi connectivity index (χ1v) is 39.1. The summed E-state index contributed by atoms with van der Waals surface area (Å²) in [5.41, 5.74) is 5.80. The Kier molecular flexibility index (Phi) is 35.0. The molecule has 0 bridgehead atoms. The summed E-state index contributed by atoms with van der Waals surface area (Å²) in [6.07, 6.45) is 12.3. The fourth-order valence-corrected chi connectivity index (χ4v) is 13.8. The van der Waals surface area contributed by atoms with Gasteiger partial charge in [-0.05, 0) is 158 Å². The lowest BCUT2D eigenvalue weighted by Gasteiger charge is -2.31. The lowest BCUT2D eigenvalue weighted by atomic mass is 9.76. The number of nitrogens with one attached hydrogen (secondary N) is 3. The lowest BCUT2D eigenvalue weighted by Crippen LogP contribution is -2.50. The van der Waals surface area contributed by atoms with Crippen LogP contribution in [0.3, 0.4) is 0 Å². The molecule has 8 N–H and O–H groups in total. The number of carbonyl (C=O) groups is 6. The van der Waals surface area contributed by atoms with Crippen LogP contribution in [0.1, 0.15) is 142 Å². The summed E-state index contributed by atoms with van der Waals surface area (Å²) >= 11 is 0. The first-order valence-electron chi connectivity index (χ1n) is 34.4. The number of hydrogen-bond donors (Lipinski definition) is 8. The van der Waals surface area contributed by atoms with Gasteiger partial charge in [0.05, 0.1) is 40.9 Å². The van der Waals surface area contributed by atoms with E-state index >= 15 is 0 Å². The molecule has 0 aromatic heterocycles.